The number of carbonyl (C=O) groups is 6. The fourth-order valence-electron chi connectivity index (χ4n) is 13.5. The molecule has 2 bridgehead atoms. The number of hydrogen-bond donors (Lipinski definition) is 6. The topological polar surface area (TPSA) is 316 Å². The van der Waals surface area contributed by atoms with E-state index < -0.39 is 183 Å². The lowest BCUT2D eigenvalue weighted by atomic mass is 9.75. The van der Waals surface area contributed by atoms with Gasteiger partial charge in [0.05, 0.1) is 86.5 Å². The third kappa shape index (κ3) is 20.9. The SMILES string of the molecule is COC(=O)C[C@H](C(=O)NN(Cc1c(F)cc(-c2ccn(C(F)F)n2)cc1F)C[C@H](OC(C)CC(C)(C)c1c(CC(=O)NCC(=O)O)cccc1OP(=O)(O)O)[C@@H](CC(=O)[C@@H](NC(=O)OC)C(C)(C)C(F)(F)F)Cc1ccc(C#Cc2cnc(N3CC4CCC(C3)N4C3COC3)nc2)cc1)C(C)(C)C(F)(F)F. The summed E-state index contributed by atoms with van der Waals surface area (Å²) >= 11 is 0. The maximum atomic E-state index is 16.9. The number of ketones is 1. The van der Waals surface area contributed by atoms with Crippen molar-refractivity contribution in [3.05, 3.63) is 124 Å². The molecule has 3 amide bonds. The van der Waals surface area contributed by atoms with Gasteiger partial charge in [-0.3, -0.25) is 44.1 Å². The van der Waals surface area contributed by atoms with E-state index in [2.05, 4.69) is 56.9 Å². The van der Waals surface area contributed by atoms with Crippen LogP contribution in [-0.2, 0) is 72.3 Å². The molecule has 3 aromatic carbocycles. The molecule has 0 spiro atoms. The Morgan fingerprint density at radius 1 is 0.811 bits per heavy atom. The minimum Gasteiger partial charge on any atom is -0.480 e. The highest BCUT2D eigenvalue weighted by Gasteiger charge is 2.57. The third-order valence-corrected chi connectivity index (χ3v) is 19.7. The number of carbonyl (C=O) groups excluding carboxylic acids is 5. The number of Topliss-reactive ketones (excluding diaryl/α,β-unsaturated/α-hetero) is 1. The van der Waals surface area contributed by atoms with E-state index in [0.29, 0.717) is 93.3 Å². The van der Waals surface area contributed by atoms with E-state index in [9.17, 15) is 52.2 Å². The summed E-state index contributed by atoms with van der Waals surface area (Å²) in [7, 11) is -3.82. The zero-order valence-electron chi connectivity index (χ0n) is 59.2. The number of piperazine rings is 1. The van der Waals surface area contributed by atoms with Crippen molar-refractivity contribution < 1.29 is 116 Å². The number of phosphoric acid groups is 1. The van der Waals surface area contributed by atoms with Crippen molar-refractivity contribution in [1.82, 2.24) is 45.7 Å². The van der Waals surface area contributed by atoms with Crippen molar-refractivity contribution in [2.45, 2.75) is 161 Å². The van der Waals surface area contributed by atoms with Crippen molar-refractivity contribution in [2.24, 2.45) is 22.7 Å². The molecule has 6 N–H and O–H groups in total. The molecule has 7 atom stereocenters. The molecule has 36 heteroatoms. The van der Waals surface area contributed by atoms with Crippen LogP contribution < -0.4 is 25.5 Å². The molecule has 106 heavy (non-hydrogen) atoms. The summed E-state index contributed by atoms with van der Waals surface area (Å²) in [4.78, 5) is 115. The third-order valence-electron chi connectivity index (χ3n) is 19.3. The molecular formula is C70H83F10N10O15P. The minimum absolute atomic E-state index is 0.0167. The molecule has 0 saturated carbocycles. The van der Waals surface area contributed by atoms with Crippen molar-refractivity contribution in [2.75, 3.05) is 58.5 Å². The number of anilines is 1. The molecule has 8 rings (SSSR count). The first-order valence-electron chi connectivity index (χ1n) is 33.5. The number of carboxylic acids is 1. The minimum atomic E-state index is -5.45. The summed E-state index contributed by atoms with van der Waals surface area (Å²) in [5, 5.41) is 17.8. The van der Waals surface area contributed by atoms with Gasteiger partial charge in [-0.1, -0.05) is 63.8 Å². The Bertz CT molecular complexity index is 4050. The number of ether oxygens (including phenoxy) is 4. The van der Waals surface area contributed by atoms with Crippen LogP contribution in [-0.4, -0.2) is 183 Å². The number of aromatic nitrogens is 4. The molecule has 25 nitrogen and oxygen atoms in total. The van der Waals surface area contributed by atoms with Gasteiger partial charge in [-0.15, -0.1) is 0 Å². The second-order valence-electron chi connectivity index (χ2n) is 28.1. The predicted octanol–water partition coefficient (Wildman–Crippen LogP) is 9.55. The number of alkyl carbamates (subject to hydrolysis) is 1. The average molecular weight is 1530 g/mol. The fourth-order valence-corrected chi connectivity index (χ4v) is 13.9. The summed E-state index contributed by atoms with van der Waals surface area (Å²) in [6.07, 6.45) is -13.1. The Hall–Kier alpha value is -8.78. The summed E-state index contributed by atoms with van der Waals surface area (Å²) in [5.41, 5.74) is -6.28. The van der Waals surface area contributed by atoms with Crippen molar-refractivity contribution >= 4 is 49.4 Å². The number of methoxy groups -OCH3 is 2. The molecule has 0 radical (unpaired) electrons. The van der Waals surface area contributed by atoms with E-state index in [1.807, 2.05) is 5.32 Å². The van der Waals surface area contributed by atoms with Crippen LogP contribution in [0, 0.1) is 46.1 Å². The van der Waals surface area contributed by atoms with Crippen LogP contribution in [0.1, 0.15) is 121 Å². The Kier molecular flexibility index (Phi) is 26.6. The van der Waals surface area contributed by atoms with Crippen LogP contribution in [0.2, 0.25) is 0 Å². The number of phosphoric ester groups is 1. The first kappa shape index (κ1) is 82.9. The van der Waals surface area contributed by atoms with Gasteiger partial charge in [0, 0.05) is 85.5 Å². The first-order valence-corrected chi connectivity index (χ1v) is 35.0. The molecule has 0 aliphatic carbocycles. The molecule has 5 aromatic rings. The molecule has 578 valence electrons. The van der Waals surface area contributed by atoms with Gasteiger partial charge in [0.25, 0.3) is 0 Å². The monoisotopic (exact) mass is 1520 g/mol. The smallest absolute Gasteiger partial charge is 0.480 e. The lowest BCUT2D eigenvalue weighted by Crippen LogP contribution is -2.62. The summed E-state index contributed by atoms with van der Waals surface area (Å²) < 4.78 is 192. The normalized spacial score (nSPS) is 17.5. The van der Waals surface area contributed by atoms with E-state index in [4.69, 9.17) is 14.0 Å². The molecule has 3 aliphatic rings. The van der Waals surface area contributed by atoms with E-state index >= 15 is 39.9 Å². The summed E-state index contributed by atoms with van der Waals surface area (Å²) in [6.45, 7) is 3.29. The lowest BCUT2D eigenvalue weighted by Gasteiger charge is -2.47. The maximum Gasteiger partial charge on any atom is 0.524 e. The van der Waals surface area contributed by atoms with Gasteiger partial charge in [0.2, 0.25) is 17.8 Å². The van der Waals surface area contributed by atoms with Crippen LogP contribution in [0.4, 0.5) is 54.6 Å². The second kappa shape index (κ2) is 34.0. The number of amides is 3. The van der Waals surface area contributed by atoms with Crippen LogP contribution in [0.25, 0.3) is 11.3 Å². The van der Waals surface area contributed by atoms with Crippen LogP contribution in [0.3, 0.4) is 0 Å². The Morgan fingerprint density at radius 3 is 1.96 bits per heavy atom. The number of rotatable bonds is 32. The van der Waals surface area contributed by atoms with Gasteiger partial charge in [-0.05, 0) is 105 Å². The Labute approximate surface area is 603 Å². The molecule has 3 unspecified atom stereocenters. The first-order chi connectivity index (χ1) is 49.5. The number of nitrogens with one attached hydrogen (secondary N) is 3. The zero-order chi connectivity index (χ0) is 78.2. The molecule has 3 saturated heterocycles. The summed E-state index contributed by atoms with van der Waals surface area (Å²) in [5.74, 6) is -7.55. The highest BCUT2D eigenvalue weighted by Crippen LogP contribution is 2.48. The maximum absolute atomic E-state index is 16.9. The molecular weight excluding hydrogens is 1440 g/mol. The predicted molar refractivity (Wildman–Crippen MR) is 359 cm³/mol. The number of halogens is 10. The molecule has 5 heterocycles. The largest absolute Gasteiger partial charge is 0.524 e. The van der Waals surface area contributed by atoms with Crippen LogP contribution in [0.15, 0.2) is 79.3 Å². The van der Waals surface area contributed by atoms with Crippen LogP contribution in [0.5, 0.6) is 5.75 Å². The quantitative estimate of drug-likeness (QED) is 0.00767. The number of esters is 1. The van der Waals surface area contributed by atoms with Crippen molar-refractivity contribution in [3.8, 4) is 28.8 Å². The Morgan fingerprint density at radius 2 is 1.42 bits per heavy atom. The Balaban J connectivity index is 1.26. The molecule has 3 aliphatic heterocycles. The molecule has 3 fully saturated rings. The van der Waals surface area contributed by atoms with Gasteiger partial charge in [-0.25, -0.2) is 37.8 Å². The van der Waals surface area contributed by atoms with Crippen LogP contribution >= 0.6 is 7.82 Å². The summed E-state index contributed by atoms with van der Waals surface area (Å²) in [6, 6.07) is 10.7. The number of hydrogen-bond acceptors (Lipinski definition) is 18. The number of hydrazine groups is 1. The number of alkyl halides is 8. The number of nitrogens with zero attached hydrogens (tertiary/aromatic N) is 7. The van der Waals surface area contributed by atoms with E-state index in [1.165, 1.54) is 57.2 Å². The zero-order valence-corrected chi connectivity index (χ0v) is 60.1. The fraction of sp³-hybridized carbons (Fsp3) is 0.529. The van der Waals surface area contributed by atoms with Gasteiger partial charge < -0.3 is 44.1 Å². The highest BCUT2D eigenvalue weighted by molar-refractivity contribution is 7.46. The van der Waals surface area contributed by atoms with E-state index in [1.54, 1.807) is 12.4 Å². The number of aliphatic carboxylic acids is 1. The van der Waals surface area contributed by atoms with Crippen molar-refractivity contribution in [3.63, 3.8) is 0 Å². The van der Waals surface area contributed by atoms with Crippen molar-refractivity contribution in [1.29, 1.82) is 0 Å². The second-order valence-corrected chi connectivity index (χ2v) is 29.3. The number of fused-ring (bicyclic) bond motifs is 2. The average Bonchev–Trinajstić information content (AvgIpc) is 1.44. The van der Waals surface area contributed by atoms with Gasteiger partial charge in [0.15, 0.2) is 5.78 Å². The van der Waals surface area contributed by atoms with E-state index in [0.717, 1.165) is 58.5 Å². The van der Waals surface area contributed by atoms with Gasteiger partial charge in [-0.2, -0.15) is 40.2 Å². The van der Waals surface area contributed by atoms with Gasteiger partial charge in [0.1, 0.15) is 30.0 Å². The number of carboxylic acid groups (broad SMARTS) is 1. The lowest BCUT2D eigenvalue weighted by molar-refractivity contribution is -0.231. The van der Waals surface area contributed by atoms with E-state index in [-0.39, 0.29) is 33.5 Å². The standard InChI is InChI=1S/C70H83F10N10O15P/c1-39(29-66(2,3)60-43(27-57(92)81-32-58(93)94)11-10-12-55(60)105-106(98,99)100)104-56(36-88(86-62(96)50(28-59(95)101-8)67(4,5)69(75,76)77)35-49-51(71)24-44(25-52(49)72)53-21-22-89(85-53)63(73)74)45(26-54(91)61(84-65(97)102-9)68(6,7)70(78,79)80)23-41-16-13-40(14-17-41)15-18-42-30-82-64(83-31-42)87-33-46-19-20-47(34-87)90(46)48-37-103-38-48/h10-14,16-17,21-22,24-25,30-31,39,45-48,50,56,61,63H,19-20,23,26-29,32-38H2,1-9H3,(H,81,92)(H,84,97)(H,86,96)(H,93,94)(H2,98,99,100)/t39?,45-,46?,47?,50-,56+,61-/m1/s1. The van der Waals surface area contributed by atoms with Gasteiger partial charge >= 0.3 is 44.8 Å². The highest BCUT2D eigenvalue weighted by atomic mass is 31.2. The molecule has 2 aromatic heterocycles. The number of benzene rings is 3.